The number of anilines is 2. The third kappa shape index (κ3) is 4.49. The molecule has 1 N–H and O–H groups in total. The molecule has 0 spiro atoms. The van der Waals surface area contributed by atoms with Crippen LogP contribution in [0.5, 0.6) is 0 Å². The summed E-state index contributed by atoms with van der Waals surface area (Å²) in [5.74, 6) is -2.94. The molecule has 7 rings (SSSR count). The van der Waals surface area contributed by atoms with Gasteiger partial charge >= 0.3 is 5.76 Å². The number of aromatic amines is 1. The molecule has 5 aromatic rings. The third-order valence-electron chi connectivity index (χ3n) is 9.73. The number of carbonyl (C=O) groups is 1. The zero-order valence-corrected chi connectivity index (χ0v) is 27.6. The number of likely N-dealkylation sites (N-methyl/N-ethyl adjacent to an activating group) is 1. The predicted octanol–water partition coefficient (Wildman–Crippen LogP) is 5.55. The lowest BCUT2D eigenvalue weighted by Crippen LogP contribution is -2.64. The molecule has 5 heterocycles. The Balaban J connectivity index is 1.64. The molecule has 12 heteroatoms. The Morgan fingerprint density at radius 2 is 1.81 bits per heavy atom. The normalized spacial score (nSPS) is 17.7. The van der Waals surface area contributed by atoms with Crippen LogP contribution in [0.2, 0.25) is 0 Å². The van der Waals surface area contributed by atoms with E-state index in [1.54, 1.807) is 43.3 Å². The second-order valence-corrected chi connectivity index (χ2v) is 13.2. The first-order valence-electron chi connectivity index (χ1n) is 15.9. The largest absolute Gasteiger partial charge is 0.417 e. The van der Waals surface area contributed by atoms with Gasteiger partial charge in [0.25, 0.3) is 5.56 Å². The zero-order chi connectivity index (χ0) is 34.3. The highest BCUT2D eigenvalue weighted by atomic mass is 19.1. The van der Waals surface area contributed by atoms with Crippen molar-refractivity contribution in [1.29, 1.82) is 0 Å². The third-order valence-corrected chi connectivity index (χ3v) is 9.73. The van der Waals surface area contributed by atoms with E-state index in [0.29, 0.717) is 53.5 Å². The number of amides is 1. The van der Waals surface area contributed by atoms with E-state index in [4.69, 9.17) is 4.42 Å². The molecule has 48 heavy (non-hydrogen) atoms. The van der Waals surface area contributed by atoms with Gasteiger partial charge in [0.05, 0.1) is 39.7 Å². The van der Waals surface area contributed by atoms with Crippen molar-refractivity contribution < 1.29 is 18.0 Å². The first-order valence-corrected chi connectivity index (χ1v) is 15.9. The van der Waals surface area contributed by atoms with Gasteiger partial charge < -0.3 is 19.1 Å². The van der Waals surface area contributed by atoms with Crippen LogP contribution in [0.3, 0.4) is 0 Å². The number of hydrogen-bond donors (Lipinski definition) is 1. The minimum Gasteiger partial charge on any atom is -0.407 e. The maximum atomic E-state index is 17.7. The van der Waals surface area contributed by atoms with E-state index in [1.807, 2.05) is 37.5 Å². The number of hydrogen-bond acceptors (Lipinski definition) is 7. The van der Waals surface area contributed by atoms with Gasteiger partial charge in [0.15, 0.2) is 11.4 Å². The Kier molecular flexibility index (Phi) is 7.30. The van der Waals surface area contributed by atoms with E-state index >= 15 is 8.78 Å². The number of nitrogens with one attached hydrogen (secondary N) is 1. The van der Waals surface area contributed by atoms with Crippen molar-refractivity contribution in [2.45, 2.75) is 52.6 Å². The van der Waals surface area contributed by atoms with Crippen LogP contribution >= 0.6 is 0 Å². The van der Waals surface area contributed by atoms with Gasteiger partial charge in [-0.15, -0.1) is 0 Å². The Hall–Kier alpha value is -5.26. The SMILES string of the molecule is C=CC(=O)N1CC2CN(C)c3c(c4cc(F)c(-c5c(C)ccc6[nH]c(=O)oc56)c(F)c4n(-c4c(C)ccnc4C(C)C)c3=O)N2CC1C. The van der Waals surface area contributed by atoms with Crippen molar-refractivity contribution >= 4 is 39.3 Å². The maximum absolute atomic E-state index is 17.7. The minimum atomic E-state index is -0.972. The van der Waals surface area contributed by atoms with E-state index in [2.05, 4.69) is 16.5 Å². The summed E-state index contributed by atoms with van der Waals surface area (Å²) in [6, 6.07) is 5.78. The molecule has 2 aliphatic rings. The number of H-pyrrole nitrogens is 1. The average Bonchev–Trinajstić information content (AvgIpc) is 3.42. The number of fused-ring (bicyclic) bond motifs is 6. The molecule has 0 radical (unpaired) electrons. The van der Waals surface area contributed by atoms with Gasteiger partial charge in [0.1, 0.15) is 11.5 Å². The van der Waals surface area contributed by atoms with E-state index in [0.717, 1.165) is 0 Å². The average molecular weight is 655 g/mol. The molecule has 2 unspecified atom stereocenters. The summed E-state index contributed by atoms with van der Waals surface area (Å²) < 4.78 is 41.1. The molecule has 3 aromatic heterocycles. The van der Waals surface area contributed by atoms with Crippen molar-refractivity contribution in [2.24, 2.45) is 0 Å². The molecule has 248 valence electrons. The van der Waals surface area contributed by atoms with Crippen molar-refractivity contribution in [1.82, 2.24) is 19.4 Å². The molecule has 2 aromatic carbocycles. The van der Waals surface area contributed by atoms with Crippen molar-refractivity contribution in [3.63, 3.8) is 0 Å². The highest BCUT2D eigenvalue weighted by Crippen LogP contribution is 2.45. The Bertz CT molecular complexity index is 2300. The number of oxazole rings is 1. The van der Waals surface area contributed by atoms with Gasteiger partial charge in [-0.05, 0) is 62.1 Å². The summed E-state index contributed by atoms with van der Waals surface area (Å²) in [6.45, 7) is 14.0. The molecule has 10 nitrogen and oxygen atoms in total. The highest BCUT2D eigenvalue weighted by Gasteiger charge is 2.42. The standard InChI is InChI=1S/C36H36F2N6O4/c1-8-25(45)42-16-21-15-41(7)33-32(43(21)14-20(42)6)22-13-23(37)27(26-18(4)9-10-24-34(26)48-36(47)40-24)28(38)31(22)44(35(33)46)30-19(5)11-12-39-29(30)17(2)3/h8-13,17,20-21H,1,14-16H2,2-7H3,(H,40,47). The van der Waals surface area contributed by atoms with Crippen LogP contribution in [0.4, 0.5) is 20.2 Å². The van der Waals surface area contributed by atoms with E-state index in [-0.39, 0.29) is 51.5 Å². The lowest BCUT2D eigenvalue weighted by molar-refractivity contribution is -0.128. The summed E-state index contributed by atoms with van der Waals surface area (Å²) in [4.78, 5) is 52.7. The number of piperazine rings is 1. The monoisotopic (exact) mass is 654 g/mol. The first-order chi connectivity index (χ1) is 22.8. The minimum absolute atomic E-state index is 0.0149. The van der Waals surface area contributed by atoms with Gasteiger partial charge in [0.2, 0.25) is 5.91 Å². The number of nitrogens with zero attached hydrogens (tertiary/aromatic N) is 5. The van der Waals surface area contributed by atoms with Crippen molar-refractivity contribution in [3.8, 4) is 16.8 Å². The fraction of sp³-hybridized carbons (Fsp3) is 0.333. The number of rotatable bonds is 4. The smallest absolute Gasteiger partial charge is 0.407 e. The summed E-state index contributed by atoms with van der Waals surface area (Å²) in [5, 5.41) is 0.203. The summed E-state index contributed by atoms with van der Waals surface area (Å²) in [6.07, 6.45) is 2.94. The number of pyridine rings is 2. The van der Waals surface area contributed by atoms with Crippen molar-refractivity contribution in [2.75, 3.05) is 36.5 Å². The van der Waals surface area contributed by atoms with Gasteiger partial charge in [-0.3, -0.25) is 24.1 Å². The Labute approximate surface area is 274 Å². The number of carbonyl (C=O) groups excluding carboxylic acids is 1. The van der Waals surface area contributed by atoms with Crippen molar-refractivity contribution in [3.05, 3.63) is 92.5 Å². The van der Waals surface area contributed by atoms with Crippen LogP contribution in [0, 0.1) is 25.5 Å². The fourth-order valence-electron chi connectivity index (χ4n) is 7.53. The maximum Gasteiger partial charge on any atom is 0.417 e. The quantitative estimate of drug-likeness (QED) is 0.254. The van der Waals surface area contributed by atoms with Gasteiger partial charge in [-0.25, -0.2) is 13.6 Å². The summed E-state index contributed by atoms with van der Waals surface area (Å²) >= 11 is 0. The van der Waals surface area contributed by atoms with Crippen LogP contribution in [0.15, 0.2) is 57.1 Å². The molecule has 1 fully saturated rings. The molecule has 1 amide bonds. The number of benzene rings is 2. The Morgan fingerprint density at radius 1 is 1.06 bits per heavy atom. The molecule has 0 aliphatic carbocycles. The van der Waals surface area contributed by atoms with E-state index in [9.17, 15) is 14.4 Å². The first kappa shape index (κ1) is 31.3. The molecule has 0 bridgehead atoms. The van der Waals surface area contributed by atoms with Crippen LogP contribution < -0.4 is 21.1 Å². The van der Waals surface area contributed by atoms with Crippen LogP contribution in [0.1, 0.15) is 43.5 Å². The number of aryl methyl sites for hydroxylation is 2. The van der Waals surface area contributed by atoms with E-state index in [1.165, 1.54) is 16.7 Å². The highest BCUT2D eigenvalue weighted by molar-refractivity contribution is 6.04. The summed E-state index contributed by atoms with van der Waals surface area (Å²) in [7, 11) is 1.78. The Morgan fingerprint density at radius 3 is 2.52 bits per heavy atom. The lowest BCUT2D eigenvalue weighted by atomic mass is 9.93. The molecule has 2 atom stereocenters. The lowest BCUT2D eigenvalue weighted by Gasteiger charge is -2.51. The van der Waals surface area contributed by atoms with Crippen LogP contribution in [-0.2, 0) is 4.79 Å². The van der Waals surface area contributed by atoms with Crippen LogP contribution in [0.25, 0.3) is 38.8 Å². The second kappa shape index (κ2) is 11.2. The van der Waals surface area contributed by atoms with Crippen LogP contribution in [-0.4, -0.2) is 64.1 Å². The number of aromatic nitrogens is 3. The molecule has 0 saturated carbocycles. The molecule has 1 saturated heterocycles. The molecular formula is C36H36F2N6O4. The van der Waals surface area contributed by atoms with E-state index < -0.39 is 28.5 Å². The van der Waals surface area contributed by atoms with Gasteiger partial charge in [-0.1, -0.05) is 26.5 Å². The number of halogens is 2. The fourth-order valence-corrected chi connectivity index (χ4v) is 7.53. The van der Waals surface area contributed by atoms with Gasteiger partial charge in [0, 0.05) is 49.9 Å². The summed E-state index contributed by atoms with van der Waals surface area (Å²) in [5.41, 5.74) is 2.26. The molecule has 2 aliphatic heterocycles. The zero-order valence-electron chi connectivity index (χ0n) is 27.6. The predicted molar refractivity (Wildman–Crippen MR) is 182 cm³/mol. The van der Waals surface area contributed by atoms with Gasteiger partial charge in [-0.2, -0.15) is 0 Å². The molecular weight excluding hydrogens is 618 g/mol. The second-order valence-electron chi connectivity index (χ2n) is 13.2. The topological polar surface area (TPSA) is 108 Å².